The average molecular weight is 359 g/mol. The molecular weight excluding hydrogens is 338 g/mol. The van der Waals surface area contributed by atoms with Gasteiger partial charge >= 0.3 is 5.97 Å². The van der Waals surface area contributed by atoms with Crippen LogP contribution in [-0.4, -0.2) is 26.0 Å². The highest BCUT2D eigenvalue weighted by molar-refractivity contribution is 7.89. The molecular formula is C19H21NO4S. The van der Waals surface area contributed by atoms with E-state index in [1.165, 1.54) is 5.56 Å². The van der Waals surface area contributed by atoms with Gasteiger partial charge in [0.1, 0.15) is 0 Å². The Morgan fingerprint density at radius 1 is 1.12 bits per heavy atom. The first-order valence-electron chi connectivity index (χ1n) is 8.22. The Morgan fingerprint density at radius 2 is 1.80 bits per heavy atom. The molecule has 3 rings (SSSR count). The van der Waals surface area contributed by atoms with Gasteiger partial charge in [-0.25, -0.2) is 13.1 Å². The Balaban J connectivity index is 1.63. The SMILES string of the molecule is Cc1ccc(S(=O)(=O)NCC2Cc3ccc(CC(=O)O)cc3C2)cc1. The molecule has 0 bridgehead atoms. The van der Waals surface area contributed by atoms with E-state index in [0.717, 1.165) is 29.5 Å². The summed E-state index contributed by atoms with van der Waals surface area (Å²) in [6.45, 7) is 2.29. The smallest absolute Gasteiger partial charge is 0.307 e. The van der Waals surface area contributed by atoms with Crippen molar-refractivity contribution in [3.8, 4) is 0 Å². The van der Waals surface area contributed by atoms with Crippen molar-refractivity contribution in [3.05, 3.63) is 64.7 Å². The van der Waals surface area contributed by atoms with Crippen LogP contribution in [0.25, 0.3) is 0 Å². The molecule has 0 amide bonds. The van der Waals surface area contributed by atoms with Crippen molar-refractivity contribution in [1.29, 1.82) is 0 Å². The predicted molar refractivity (Wildman–Crippen MR) is 95.0 cm³/mol. The van der Waals surface area contributed by atoms with Crippen LogP contribution in [-0.2, 0) is 34.1 Å². The van der Waals surface area contributed by atoms with Gasteiger partial charge < -0.3 is 5.11 Å². The molecule has 2 aromatic carbocycles. The number of hydrogen-bond acceptors (Lipinski definition) is 3. The lowest BCUT2D eigenvalue weighted by molar-refractivity contribution is -0.136. The van der Waals surface area contributed by atoms with Gasteiger partial charge in [0, 0.05) is 6.54 Å². The van der Waals surface area contributed by atoms with Crippen molar-refractivity contribution in [3.63, 3.8) is 0 Å². The lowest BCUT2D eigenvalue weighted by Crippen LogP contribution is -2.29. The fourth-order valence-electron chi connectivity index (χ4n) is 3.22. The Morgan fingerprint density at radius 3 is 2.48 bits per heavy atom. The van der Waals surface area contributed by atoms with Crippen LogP contribution < -0.4 is 4.72 Å². The first-order valence-corrected chi connectivity index (χ1v) is 9.70. The summed E-state index contributed by atoms with van der Waals surface area (Å²) >= 11 is 0. The van der Waals surface area contributed by atoms with Crippen LogP contribution in [0.3, 0.4) is 0 Å². The number of rotatable bonds is 6. The molecule has 1 atom stereocenters. The summed E-state index contributed by atoms with van der Waals surface area (Å²) in [7, 11) is -3.50. The molecule has 1 aliphatic rings. The number of aryl methyl sites for hydroxylation is 1. The van der Waals surface area contributed by atoms with Gasteiger partial charge in [-0.1, -0.05) is 35.9 Å². The highest BCUT2D eigenvalue weighted by Gasteiger charge is 2.24. The normalized spacial score (nSPS) is 16.6. The highest BCUT2D eigenvalue weighted by atomic mass is 32.2. The van der Waals surface area contributed by atoms with E-state index in [-0.39, 0.29) is 17.2 Å². The Kier molecular flexibility index (Phi) is 4.92. The van der Waals surface area contributed by atoms with Crippen molar-refractivity contribution in [1.82, 2.24) is 4.72 Å². The van der Waals surface area contributed by atoms with Gasteiger partial charge in [0.25, 0.3) is 0 Å². The van der Waals surface area contributed by atoms with Crippen molar-refractivity contribution in [2.45, 2.75) is 31.1 Å². The number of hydrogen-bond donors (Lipinski definition) is 2. The molecule has 0 aliphatic heterocycles. The molecule has 6 heteroatoms. The quantitative estimate of drug-likeness (QED) is 0.829. The fourth-order valence-corrected chi connectivity index (χ4v) is 4.34. The predicted octanol–water partition coefficient (Wildman–Crippen LogP) is 2.32. The molecule has 0 heterocycles. The molecule has 1 aliphatic carbocycles. The third kappa shape index (κ3) is 4.27. The van der Waals surface area contributed by atoms with Gasteiger partial charge in [0.2, 0.25) is 10.0 Å². The van der Waals surface area contributed by atoms with Crippen LogP contribution in [0.4, 0.5) is 0 Å². The third-order valence-electron chi connectivity index (χ3n) is 4.54. The Bertz CT molecular complexity index is 888. The van der Waals surface area contributed by atoms with Crippen molar-refractivity contribution >= 4 is 16.0 Å². The first kappa shape index (κ1) is 17.6. The van der Waals surface area contributed by atoms with Crippen molar-refractivity contribution in [2.75, 3.05) is 6.54 Å². The molecule has 0 saturated carbocycles. The molecule has 5 nitrogen and oxygen atoms in total. The molecule has 0 spiro atoms. The lowest BCUT2D eigenvalue weighted by Gasteiger charge is -2.11. The van der Waals surface area contributed by atoms with Crippen LogP contribution in [0, 0.1) is 12.8 Å². The summed E-state index contributed by atoms with van der Waals surface area (Å²) in [5.41, 5.74) is 4.10. The van der Waals surface area contributed by atoms with Crippen LogP contribution >= 0.6 is 0 Å². The molecule has 0 saturated heterocycles. The minimum atomic E-state index is -3.50. The monoisotopic (exact) mass is 359 g/mol. The standard InChI is InChI=1S/C19H21NO4S/c1-13-2-6-18(7-3-13)25(23,24)20-12-15-9-16-5-4-14(11-19(21)22)8-17(16)10-15/h2-8,15,20H,9-12H2,1H3,(H,21,22). The maximum absolute atomic E-state index is 12.4. The van der Waals surface area contributed by atoms with Gasteiger partial charge in [-0.15, -0.1) is 0 Å². The molecule has 2 N–H and O–H groups in total. The molecule has 0 aromatic heterocycles. The number of nitrogens with one attached hydrogen (secondary N) is 1. The van der Waals surface area contributed by atoms with Crippen molar-refractivity contribution < 1.29 is 18.3 Å². The van der Waals surface area contributed by atoms with E-state index >= 15 is 0 Å². The van der Waals surface area contributed by atoms with E-state index in [0.29, 0.717) is 6.54 Å². The highest BCUT2D eigenvalue weighted by Crippen LogP contribution is 2.28. The molecule has 0 fully saturated rings. The molecule has 1 unspecified atom stereocenters. The summed E-state index contributed by atoms with van der Waals surface area (Å²) in [5, 5.41) is 8.89. The maximum Gasteiger partial charge on any atom is 0.307 e. The summed E-state index contributed by atoms with van der Waals surface area (Å²) in [6.07, 6.45) is 1.58. The minimum Gasteiger partial charge on any atom is -0.481 e. The summed E-state index contributed by atoms with van der Waals surface area (Å²) in [5.74, 6) is -0.657. The van der Waals surface area contributed by atoms with E-state index < -0.39 is 16.0 Å². The van der Waals surface area contributed by atoms with E-state index in [1.807, 2.05) is 25.1 Å². The number of carbonyl (C=O) groups is 1. The lowest BCUT2D eigenvalue weighted by atomic mass is 10.0. The molecule has 0 radical (unpaired) electrons. The Hall–Kier alpha value is -2.18. The van der Waals surface area contributed by atoms with Gasteiger partial charge in [0.15, 0.2) is 0 Å². The molecule has 25 heavy (non-hydrogen) atoms. The first-order chi connectivity index (χ1) is 11.8. The summed E-state index contributed by atoms with van der Waals surface area (Å²) in [6, 6.07) is 12.5. The second-order valence-corrected chi connectivity index (χ2v) is 8.38. The van der Waals surface area contributed by atoms with Crippen LogP contribution in [0.2, 0.25) is 0 Å². The number of carboxylic acids is 1. The number of sulfonamides is 1. The zero-order valence-electron chi connectivity index (χ0n) is 14.0. The number of fused-ring (bicyclic) bond motifs is 1. The number of benzene rings is 2. The van der Waals surface area contributed by atoms with Gasteiger partial charge in [-0.2, -0.15) is 0 Å². The largest absolute Gasteiger partial charge is 0.481 e. The zero-order chi connectivity index (χ0) is 18.0. The zero-order valence-corrected chi connectivity index (χ0v) is 14.8. The van der Waals surface area contributed by atoms with E-state index in [4.69, 9.17) is 5.11 Å². The minimum absolute atomic E-state index is 0.0119. The van der Waals surface area contributed by atoms with Crippen molar-refractivity contribution in [2.24, 2.45) is 5.92 Å². The topological polar surface area (TPSA) is 83.5 Å². The summed E-state index contributed by atoms with van der Waals surface area (Å²) in [4.78, 5) is 11.1. The van der Waals surface area contributed by atoms with E-state index in [2.05, 4.69) is 4.72 Å². The number of aliphatic carboxylic acids is 1. The third-order valence-corrected chi connectivity index (χ3v) is 5.98. The second-order valence-electron chi connectivity index (χ2n) is 6.61. The maximum atomic E-state index is 12.4. The van der Waals surface area contributed by atoms with Gasteiger partial charge in [-0.05, 0) is 54.5 Å². The van der Waals surface area contributed by atoms with Crippen LogP contribution in [0.1, 0.15) is 22.3 Å². The fraction of sp³-hybridized carbons (Fsp3) is 0.316. The molecule has 132 valence electrons. The van der Waals surface area contributed by atoms with Gasteiger partial charge in [-0.3, -0.25) is 4.79 Å². The second kappa shape index (κ2) is 6.98. The van der Waals surface area contributed by atoms with Crippen LogP contribution in [0.15, 0.2) is 47.4 Å². The average Bonchev–Trinajstić information content (AvgIpc) is 2.95. The number of carboxylic acid groups (broad SMARTS) is 1. The Labute approximate surface area is 147 Å². The van der Waals surface area contributed by atoms with E-state index in [9.17, 15) is 13.2 Å². The van der Waals surface area contributed by atoms with Crippen LogP contribution in [0.5, 0.6) is 0 Å². The van der Waals surface area contributed by atoms with Gasteiger partial charge in [0.05, 0.1) is 11.3 Å². The summed E-state index contributed by atoms with van der Waals surface area (Å²) < 4.78 is 27.4. The van der Waals surface area contributed by atoms with E-state index in [1.54, 1.807) is 24.3 Å². The molecule has 2 aromatic rings.